The molecule has 0 fully saturated rings. The summed E-state index contributed by atoms with van der Waals surface area (Å²) >= 11 is 0. The van der Waals surface area contributed by atoms with E-state index in [0.717, 1.165) is 70.6 Å². The summed E-state index contributed by atoms with van der Waals surface area (Å²) in [5.74, 6) is -1.35. The summed E-state index contributed by atoms with van der Waals surface area (Å²) in [6, 6.07) is 0. The molecule has 0 radical (unpaired) electrons. The lowest BCUT2D eigenvalue weighted by molar-refractivity contribution is -0.147. The highest BCUT2D eigenvalue weighted by Crippen LogP contribution is 2.15. The molecule has 0 aliphatic heterocycles. The van der Waals surface area contributed by atoms with Gasteiger partial charge in [0.05, 0.1) is 0 Å². The van der Waals surface area contributed by atoms with Crippen molar-refractivity contribution in [1.29, 1.82) is 0 Å². The Hall–Kier alpha value is -2.37. The number of carboxylic acids is 1. The summed E-state index contributed by atoms with van der Waals surface area (Å²) in [5.41, 5.74) is 0. The number of carbonyl (C=O) groups is 3. The zero-order chi connectivity index (χ0) is 31.6. The largest absolute Gasteiger partial charge is 0.480 e. The van der Waals surface area contributed by atoms with E-state index < -0.39 is 5.97 Å². The van der Waals surface area contributed by atoms with E-state index in [4.69, 9.17) is 9.84 Å². The van der Waals surface area contributed by atoms with Crippen LogP contribution in [0.25, 0.3) is 0 Å². The molecule has 1 amide bonds. The van der Waals surface area contributed by atoms with Crippen molar-refractivity contribution in [1.82, 2.24) is 5.32 Å². The van der Waals surface area contributed by atoms with Gasteiger partial charge >= 0.3 is 11.9 Å². The van der Waals surface area contributed by atoms with E-state index in [0.29, 0.717) is 12.8 Å². The maximum Gasteiger partial charge on any atom is 0.322 e. The predicted octanol–water partition coefficient (Wildman–Crippen LogP) is 10.2. The highest BCUT2D eigenvalue weighted by Gasteiger charge is 2.12. The molecule has 0 bridgehead atoms. The third kappa shape index (κ3) is 32.4. The highest BCUT2D eigenvalue weighted by atomic mass is 16.5. The summed E-state index contributed by atoms with van der Waals surface area (Å²) in [4.78, 5) is 34.7. The van der Waals surface area contributed by atoms with Crippen molar-refractivity contribution in [2.45, 2.75) is 174 Å². The second-order valence-electron chi connectivity index (χ2n) is 11.8. The molecular weight excluding hydrogens is 538 g/mol. The van der Waals surface area contributed by atoms with Crippen molar-refractivity contribution in [2.24, 2.45) is 0 Å². The molecule has 0 saturated heterocycles. The van der Waals surface area contributed by atoms with Crippen LogP contribution in [0.15, 0.2) is 36.5 Å². The van der Waals surface area contributed by atoms with Crippen LogP contribution in [-0.4, -0.2) is 35.6 Å². The number of carboxylic acid groups (broad SMARTS) is 1. The third-order valence-electron chi connectivity index (χ3n) is 7.52. The lowest BCUT2D eigenvalue weighted by Crippen LogP contribution is -2.28. The molecule has 0 aromatic carbocycles. The SMILES string of the molecule is CCCCCC/C=C\C/C=C\CCCCCCCC(=O)OC(/C=C\CCCCCC)CCCCCCC(=O)NCC(=O)O. The van der Waals surface area contributed by atoms with Gasteiger partial charge in [0.2, 0.25) is 5.91 Å². The number of unbranched alkanes of at least 4 members (excludes halogenated alkanes) is 16. The van der Waals surface area contributed by atoms with E-state index in [2.05, 4.69) is 55.6 Å². The van der Waals surface area contributed by atoms with E-state index in [1.165, 1.54) is 70.6 Å². The van der Waals surface area contributed by atoms with Crippen molar-refractivity contribution in [2.75, 3.05) is 6.54 Å². The van der Waals surface area contributed by atoms with Crippen molar-refractivity contribution in [3.63, 3.8) is 0 Å². The van der Waals surface area contributed by atoms with Crippen molar-refractivity contribution in [3.05, 3.63) is 36.5 Å². The van der Waals surface area contributed by atoms with Gasteiger partial charge in [0.15, 0.2) is 0 Å². The first-order chi connectivity index (χ1) is 21.0. The van der Waals surface area contributed by atoms with Crippen LogP contribution < -0.4 is 5.32 Å². The molecule has 0 aromatic heterocycles. The maximum absolute atomic E-state index is 12.5. The van der Waals surface area contributed by atoms with Gasteiger partial charge in [-0.15, -0.1) is 0 Å². The average Bonchev–Trinajstić information content (AvgIpc) is 2.99. The van der Waals surface area contributed by atoms with Crippen LogP contribution in [0.2, 0.25) is 0 Å². The number of esters is 1. The average molecular weight is 604 g/mol. The molecule has 1 unspecified atom stereocenters. The Labute approximate surface area is 264 Å². The number of carbonyl (C=O) groups excluding carboxylic acids is 2. The Morgan fingerprint density at radius 2 is 1.14 bits per heavy atom. The second kappa shape index (κ2) is 32.5. The molecule has 43 heavy (non-hydrogen) atoms. The van der Waals surface area contributed by atoms with E-state index in [9.17, 15) is 14.4 Å². The summed E-state index contributed by atoms with van der Waals surface area (Å²) in [7, 11) is 0. The molecule has 0 aliphatic rings. The predicted molar refractivity (Wildman–Crippen MR) is 180 cm³/mol. The Bertz CT molecular complexity index is 758. The number of amides is 1. The fourth-order valence-electron chi connectivity index (χ4n) is 4.86. The molecule has 0 heterocycles. The Morgan fingerprint density at radius 3 is 1.74 bits per heavy atom. The van der Waals surface area contributed by atoms with Crippen molar-refractivity contribution < 1.29 is 24.2 Å². The highest BCUT2D eigenvalue weighted by molar-refractivity contribution is 5.80. The summed E-state index contributed by atoms with van der Waals surface area (Å²) in [5, 5.41) is 11.0. The molecule has 2 N–H and O–H groups in total. The smallest absolute Gasteiger partial charge is 0.322 e. The zero-order valence-electron chi connectivity index (χ0n) is 27.8. The first-order valence-electron chi connectivity index (χ1n) is 17.6. The Morgan fingerprint density at radius 1 is 0.628 bits per heavy atom. The van der Waals surface area contributed by atoms with Gasteiger partial charge in [0, 0.05) is 12.8 Å². The minimum atomic E-state index is -1.03. The number of rotatable bonds is 31. The monoisotopic (exact) mass is 603 g/mol. The fraction of sp³-hybridized carbons (Fsp3) is 0.757. The molecule has 248 valence electrons. The topological polar surface area (TPSA) is 92.7 Å². The first kappa shape index (κ1) is 40.6. The molecule has 0 spiro atoms. The van der Waals surface area contributed by atoms with Crippen LogP contribution in [0.1, 0.15) is 168 Å². The van der Waals surface area contributed by atoms with Crippen LogP contribution in [-0.2, 0) is 19.1 Å². The van der Waals surface area contributed by atoms with Gasteiger partial charge in [0.1, 0.15) is 12.6 Å². The minimum absolute atomic E-state index is 0.0999. The first-order valence-corrected chi connectivity index (χ1v) is 17.6. The molecule has 0 rings (SSSR count). The molecule has 0 aliphatic carbocycles. The number of allylic oxidation sites excluding steroid dienone is 5. The summed E-state index contributed by atoms with van der Waals surface area (Å²) in [6.45, 7) is 4.13. The second-order valence-corrected chi connectivity index (χ2v) is 11.8. The van der Waals surface area contributed by atoms with Gasteiger partial charge in [-0.2, -0.15) is 0 Å². The van der Waals surface area contributed by atoms with Crippen molar-refractivity contribution >= 4 is 17.8 Å². The molecule has 0 saturated carbocycles. The number of hydrogen-bond donors (Lipinski definition) is 2. The Balaban J connectivity index is 4.09. The summed E-state index contributed by atoms with van der Waals surface area (Å²) in [6.07, 6.45) is 38.5. The third-order valence-corrected chi connectivity index (χ3v) is 7.52. The van der Waals surface area contributed by atoms with Gasteiger partial charge < -0.3 is 15.2 Å². The number of ether oxygens (including phenoxy) is 1. The fourth-order valence-corrected chi connectivity index (χ4v) is 4.86. The standard InChI is InChI=1S/C37H65NO5/c1-3-5-7-9-11-12-13-14-15-16-17-18-19-20-22-28-32-37(42)43-34(29-25-21-10-8-6-4-2)30-26-23-24-27-31-35(39)38-33-36(40)41/h12-13,15-16,25,29,34H,3-11,14,17-24,26-28,30-33H2,1-2H3,(H,38,39)(H,40,41)/b13-12-,16-15-,29-25-. The summed E-state index contributed by atoms with van der Waals surface area (Å²) < 4.78 is 5.84. The van der Waals surface area contributed by atoms with E-state index >= 15 is 0 Å². The van der Waals surface area contributed by atoms with Gasteiger partial charge in [-0.05, 0) is 76.7 Å². The lowest BCUT2D eigenvalue weighted by Gasteiger charge is -2.15. The van der Waals surface area contributed by atoms with Crippen LogP contribution in [0.4, 0.5) is 0 Å². The van der Waals surface area contributed by atoms with Crippen LogP contribution in [0.5, 0.6) is 0 Å². The molecule has 1 atom stereocenters. The quantitative estimate of drug-likeness (QED) is 0.0467. The van der Waals surface area contributed by atoms with Gasteiger partial charge in [-0.1, -0.05) is 115 Å². The van der Waals surface area contributed by atoms with Crippen molar-refractivity contribution in [3.8, 4) is 0 Å². The van der Waals surface area contributed by atoms with Gasteiger partial charge in [0.25, 0.3) is 0 Å². The molecule has 6 heteroatoms. The van der Waals surface area contributed by atoms with Gasteiger partial charge in [-0.3, -0.25) is 14.4 Å². The van der Waals surface area contributed by atoms with Gasteiger partial charge in [-0.25, -0.2) is 0 Å². The maximum atomic E-state index is 12.5. The van der Waals surface area contributed by atoms with Crippen LogP contribution in [0, 0.1) is 0 Å². The van der Waals surface area contributed by atoms with E-state index in [-0.39, 0.29) is 24.5 Å². The van der Waals surface area contributed by atoms with E-state index in [1.807, 2.05) is 0 Å². The molecular formula is C37H65NO5. The Kier molecular flexibility index (Phi) is 30.7. The number of hydrogen-bond acceptors (Lipinski definition) is 4. The number of nitrogens with one attached hydrogen (secondary N) is 1. The zero-order valence-corrected chi connectivity index (χ0v) is 27.8. The normalized spacial score (nSPS) is 12.4. The lowest BCUT2D eigenvalue weighted by atomic mass is 10.1. The van der Waals surface area contributed by atoms with Crippen LogP contribution in [0.3, 0.4) is 0 Å². The van der Waals surface area contributed by atoms with E-state index in [1.54, 1.807) is 0 Å². The number of aliphatic carboxylic acids is 1. The van der Waals surface area contributed by atoms with Crippen LogP contribution >= 0.6 is 0 Å². The molecule has 0 aromatic rings. The molecule has 6 nitrogen and oxygen atoms in total. The minimum Gasteiger partial charge on any atom is -0.480 e.